The van der Waals surface area contributed by atoms with Crippen LogP contribution in [0.5, 0.6) is 0 Å². The fourth-order valence-electron chi connectivity index (χ4n) is 2.76. The van der Waals surface area contributed by atoms with Gasteiger partial charge in [-0.05, 0) is 33.9 Å². The van der Waals surface area contributed by atoms with Crippen LogP contribution in [0.4, 0.5) is 0 Å². The number of nitrogens with one attached hydrogen (secondary N) is 1. The number of hydrogen-bond acceptors (Lipinski definition) is 5. The number of hydrogen-bond donors (Lipinski definition) is 2. The molecule has 1 unspecified atom stereocenters. The van der Waals surface area contributed by atoms with Crippen molar-refractivity contribution in [3.05, 3.63) is 16.1 Å². The Bertz CT molecular complexity index is 358. The molecule has 0 saturated carbocycles. The quantitative estimate of drug-likeness (QED) is 0.587. The Morgan fingerprint density at radius 3 is 2.39 bits per heavy atom. The molecule has 0 fully saturated rings. The molecule has 0 radical (unpaired) electrons. The molecule has 4 nitrogen and oxygen atoms in total. The number of nitrogens with two attached hydrogens (primary N) is 1. The molecule has 1 rings (SSSR count). The first kappa shape index (κ1) is 15.6. The van der Waals surface area contributed by atoms with E-state index in [9.17, 15) is 0 Å². The maximum absolute atomic E-state index is 5.80. The van der Waals surface area contributed by atoms with Gasteiger partial charge in [0.1, 0.15) is 0 Å². The first-order valence-electron chi connectivity index (χ1n) is 6.54. The second kappa shape index (κ2) is 6.61. The maximum atomic E-state index is 5.80. The number of aromatic nitrogens is 1. The highest BCUT2D eigenvalue weighted by Crippen LogP contribution is 2.28. The van der Waals surface area contributed by atoms with Gasteiger partial charge in [0.15, 0.2) is 0 Å². The third-order valence-corrected chi connectivity index (χ3v) is 5.00. The molecule has 0 spiro atoms. The fourth-order valence-corrected chi connectivity index (χ4v) is 3.58. The van der Waals surface area contributed by atoms with Gasteiger partial charge >= 0.3 is 0 Å². The summed E-state index contributed by atoms with van der Waals surface area (Å²) in [6, 6.07) is 0.216. The molecule has 104 valence electrons. The molecule has 0 aliphatic carbocycles. The summed E-state index contributed by atoms with van der Waals surface area (Å²) in [5.41, 5.74) is 4.18. The van der Waals surface area contributed by atoms with Gasteiger partial charge in [0, 0.05) is 29.1 Å². The molecule has 1 aromatic rings. The number of hydrazine groups is 1. The van der Waals surface area contributed by atoms with E-state index in [1.54, 1.807) is 11.3 Å². The molecule has 5 heteroatoms. The minimum absolute atomic E-state index is 0.0777. The van der Waals surface area contributed by atoms with Crippen LogP contribution in [0, 0.1) is 6.92 Å². The SMILES string of the molecule is CCC(CC)(C(Cc1nc(C)cs1)NN)N(C)C. The monoisotopic (exact) mass is 270 g/mol. The van der Waals surface area contributed by atoms with Crippen molar-refractivity contribution in [3.8, 4) is 0 Å². The van der Waals surface area contributed by atoms with Crippen molar-refractivity contribution in [2.75, 3.05) is 14.1 Å². The minimum Gasteiger partial charge on any atom is -0.302 e. The van der Waals surface area contributed by atoms with Crippen molar-refractivity contribution in [2.24, 2.45) is 5.84 Å². The van der Waals surface area contributed by atoms with E-state index in [0.29, 0.717) is 0 Å². The zero-order valence-corrected chi connectivity index (χ0v) is 13.0. The van der Waals surface area contributed by atoms with Crippen molar-refractivity contribution >= 4 is 11.3 Å². The van der Waals surface area contributed by atoms with Gasteiger partial charge in [-0.1, -0.05) is 13.8 Å². The topological polar surface area (TPSA) is 54.2 Å². The molecule has 1 atom stereocenters. The average Bonchev–Trinajstić information content (AvgIpc) is 2.75. The van der Waals surface area contributed by atoms with Crippen LogP contribution < -0.4 is 11.3 Å². The first-order chi connectivity index (χ1) is 8.50. The molecule has 1 aromatic heterocycles. The first-order valence-corrected chi connectivity index (χ1v) is 7.42. The van der Waals surface area contributed by atoms with Gasteiger partial charge in [-0.15, -0.1) is 11.3 Å². The smallest absolute Gasteiger partial charge is 0.0944 e. The van der Waals surface area contributed by atoms with Crippen molar-refractivity contribution in [1.29, 1.82) is 0 Å². The van der Waals surface area contributed by atoms with E-state index in [1.165, 1.54) is 0 Å². The normalized spacial score (nSPS) is 14.2. The number of nitrogens with zero attached hydrogens (tertiary/aromatic N) is 2. The van der Waals surface area contributed by atoms with E-state index >= 15 is 0 Å². The predicted octanol–water partition coefficient (Wildman–Crippen LogP) is 1.95. The van der Waals surface area contributed by atoms with E-state index in [2.05, 4.69) is 48.6 Å². The minimum atomic E-state index is 0.0777. The van der Waals surface area contributed by atoms with Gasteiger partial charge in [-0.2, -0.15) is 0 Å². The molecule has 0 aliphatic rings. The summed E-state index contributed by atoms with van der Waals surface area (Å²) in [5, 5.41) is 3.25. The average molecular weight is 270 g/mol. The summed E-state index contributed by atoms with van der Waals surface area (Å²) < 4.78 is 0. The van der Waals surface area contributed by atoms with Crippen LogP contribution in [0.15, 0.2) is 5.38 Å². The fraction of sp³-hybridized carbons (Fsp3) is 0.769. The lowest BCUT2D eigenvalue weighted by atomic mass is 9.82. The van der Waals surface area contributed by atoms with Crippen LogP contribution in [-0.4, -0.2) is 35.6 Å². The van der Waals surface area contributed by atoms with Gasteiger partial charge in [0.25, 0.3) is 0 Å². The summed E-state index contributed by atoms with van der Waals surface area (Å²) in [4.78, 5) is 6.83. The number of likely N-dealkylation sites (N-methyl/N-ethyl adjacent to an activating group) is 1. The highest BCUT2D eigenvalue weighted by atomic mass is 32.1. The summed E-state index contributed by atoms with van der Waals surface area (Å²) >= 11 is 1.72. The van der Waals surface area contributed by atoms with Crippen molar-refractivity contribution in [1.82, 2.24) is 15.3 Å². The van der Waals surface area contributed by atoms with Gasteiger partial charge < -0.3 is 4.90 Å². The Labute approximate surface area is 115 Å². The zero-order chi connectivity index (χ0) is 13.8. The third kappa shape index (κ3) is 3.09. The molecular weight excluding hydrogens is 244 g/mol. The Hall–Kier alpha value is -0.490. The Morgan fingerprint density at radius 1 is 1.44 bits per heavy atom. The third-order valence-electron chi connectivity index (χ3n) is 4.01. The van der Waals surface area contributed by atoms with Crippen molar-refractivity contribution in [2.45, 2.75) is 51.6 Å². The van der Waals surface area contributed by atoms with E-state index in [1.807, 2.05) is 6.92 Å². The highest BCUT2D eigenvalue weighted by Gasteiger charge is 2.37. The van der Waals surface area contributed by atoms with Crippen LogP contribution in [0.1, 0.15) is 37.4 Å². The predicted molar refractivity (Wildman–Crippen MR) is 78.7 cm³/mol. The van der Waals surface area contributed by atoms with E-state index in [-0.39, 0.29) is 11.6 Å². The molecule has 0 saturated heterocycles. The number of aryl methyl sites for hydroxylation is 1. The van der Waals surface area contributed by atoms with Gasteiger partial charge in [0.2, 0.25) is 0 Å². The molecule has 0 aromatic carbocycles. The van der Waals surface area contributed by atoms with E-state index in [4.69, 9.17) is 5.84 Å². The van der Waals surface area contributed by atoms with Crippen molar-refractivity contribution < 1.29 is 0 Å². The largest absolute Gasteiger partial charge is 0.302 e. The molecule has 3 N–H and O–H groups in total. The molecule has 18 heavy (non-hydrogen) atoms. The Morgan fingerprint density at radius 2 is 2.06 bits per heavy atom. The van der Waals surface area contributed by atoms with E-state index < -0.39 is 0 Å². The van der Waals surface area contributed by atoms with Crippen LogP contribution in [-0.2, 0) is 6.42 Å². The van der Waals surface area contributed by atoms with Crippen molar-refractivity contribution in [3.63, 3.8) is 0 Å². The highest BCUT2D eigenvalue weighted by molar-refractivity contribution is 7.09. The van der Waals surface area contributed by atoms with Crippen LogP contribution in [0.3, 0.4) is 0 Å². The molecule has 1 heterocycles. The second-order valence-electron chi connectivity index (χ2n) is 5.01. The summed E-state index contributed by atoms with van der Waals surface area (Å²) in [5.74, 6) is 5.80. The number of rotatable bonds is 7. The summed E-state index contributed by atoms with van der Waals surface area (Å²) in [7, 11) is 4.26. The molecular formula is C13H26N4S. The van der Waals surface area contributed by atoms with Crippen LogP contribution in [0.25, 0.3) is 0 Å². The van der Waals surface area contributed by atoms with Gasteiger partial charge in [-0.25, -0.2) is 4.98 Å². The van der Waals surface area contributed by atoms with Gasteiger partial charge in [-0.3, -0.25) is 11.3 Å². The Balaban J connectivity index is 2.92. The lowest BCUT2D eigenvalue weighted by molar-refractivity contribution is 0.0882. The zero-order valence-electron chi connectivity index (χ0n) is 12.2. The van der Waals surface area contributed by atoms with Gasteiger partial charge in [0.05, 0.1) is 5.01 Å². The van der Waals surface area contributed by atoms with E-state index in [0.717, 1.165) is 30.0 Å². The lowest BCUT2D eigenvalue weighted by Gasteiger charge is -2.44. The molecule has 0 amide bonds. The second-order valence-corrected chi connectivity index (χ2v) is 5.95. The molecule has 0 aliphatic heterocycles. The maximum Gasteiger partial charge on any atom is 0.0944 e. The summed E-state index contributed by atoms with van der Waals surface area (Å²) in [6.07, 6.45) is 3.01. The van der Waals surface area contributed by atoms with Crippen LogP contribution in [0.2, 0.25) is 0 Å². The molecule has 0 bridgehead atoms. The number of thiazole rings is 1. The standard InChI is InChI=1S/C13H26N4S/c1-6-13(7-2,17(4)5)11(16-14)8-12-15-10(3)9-18-12/h9,11,16H,6-8,14H2,1-5H3. The Kier molecular flexibility index (Phi) is 5.72. The van der Waals surface area contributed by atoms with Crippen LogP contribution >= 0.6 is 11.3 Å². The summed E-state index contributed by atoms with van der Waals surface area (Å²) in [6.45, 7) is 6.48. The lowest BCUT2D eigenvalue weighted by Crippen LogP contribution is -2.61.